The van der Waals surface area contributed by atoms with Gasteiger partial charge in [-0.2, -0.15) is 5.26 Å². The Hall–Kier alpha value is -1.49. The number of aliphatic hydroxyl groups is 2. The fraction of sp³-hybridized carbons (Fsp3) is 0.500. The van der Waals surface area contributed by atoms with E-state index in [1.165, 1.54) is 6.20 Å². The summed E-state index contributed by atoms with van der Waals surface area (Å²) in [5, 5.41) is 27.6. The van der Waals surface area contributed by atoms with Gasteiger partial charge < -0.3 is 14.9 Å². The zero-order valence-electron chi connectivity index (χ0n) is 9.16. The lowest BCUT2D eigenvalue weighted by molar-refractivity contribution is 0.0215. The van der Waals surface area contributed by atoms with Crippen molar-refractivity contribution in [3.8, 4) is 6.07 Å². The third-order valence-corrected chi connectivity index (χ3v) is 2.97. The van der Waals surface area contributed by atoms with Crippen molar-refractivity contribution in [3.63, 3.8) is 0 Å². The Morgan fingerprint density at radius 1 is 1.71 bits per heavy atom. The molecule has 2 N–H and O–H groups in total. The number of nitrogens with zero attached hydrogens (tertiary/aromatic N) is 2. The number of thiazole rings is 1. The van der Waals surface area contributed by atoms with Crippen LogP contribution in [0.25, 0.3) is 0 Å². The van der Waals surface area contributed by atoms with Gasteiger partial charge in [0.05, 0.1) is 31.4 Å². The van der Waals surface area contributed by atoms with Crippen molar-refractivity contribution in [1.29, 1.82) is 5.26 Å². The summed E-state index contributed by atoms with van der Waals surface area (Å²) >= 11 is 0.938. The molecule has 0 spiro atoms. The molecule has 0 bridgehead atoms. The van der Waals surface area contributed by atoms with E-state index in [0.717, 1.165) is 11.3 Å². The minimum Gasteiger partial charge on any atom is -0.462 e. The van der Waals surface area contributed by atoms with E-state index in [-0.39, 0.29) is 22.9 Å². The summed E-state index contributed by atoms with van der Waals surface area (Å²) in [7, 11) is 0. The number of hydrogen-bond acceptors (Lipinski definition) is 7. The number of rotatable bonds is 5. The Morgan fingerprint density at radius 2 is 2.41 bits per heavy atom. The van der Waals surface area contributed by atoms with Crippen LogP contribution < -0.4 is 0 Å². The highest BCUT2D eigenvalue weighted by Crippen LogP contribution is 2.24. The predicted molar refractivity (Wildman–Crippen MR) is 59.3 cm³/mol. The molecule has 1 heterocycles. The van der Waals surface area contributed by atoms with E-state index in [4.69, 9.17) is 10.00 Å². The summed E-state index contributed by atoms with van der Waals surface area (Å²) in [5.74, 6) is -0.516. The molecule has 92 valence electrons. The molecule has 0 aliphatic heterocycles. The molecule has 1 aromatic heterocycles. The van der Waals surface area contributed by atoms with Crippen molar-refractivity contribution in [2.24, 2.45) is 0 Å². The molecule has 0 amide bonds. The first-order valence-electron chi connectivity index (χ1n) is 4.96. The molecule has 0 aliphatic carbocycles. The normalized spacial score (nSPS) is 13.8. The number of aromatic nitrogens is 1. The second-order valence-corrected chi connectivity index (χ2v) is 4.22. The molecule has 17 heavy (non-hydrogen) atoms. The van der Waals surface area contributed by atoms with Crippen LogP contribution in [0.3, 0.4) is 0 Å². The van der Waals surface area contributed by atoms with Gasteiger partial charge in [-0.25, -0.2) is 9.78 Å². The summed E-state index contributed by atoms with van der Waals surface area (Å²) in [4.78, 5) is 15.4. The fourth-order valence-corrected chi connectivity index (χ4v) is 1.95. The molecule has 0 aliphatic rings. The molecule has 1 aromatic rings. The number of carbonyl (C=O) groups is 1. The Bertz CT molecular complexity index is 426. The second-order valence-electron chi connectivity index (χ2n) is 3.16. The van der Waals surface area contributed by atoms with E-state index in [1.807, 2.05) is 0 Å². The highest BCUT2D eigenvalue weighted by atomic mass is 32.1. The number of hydrogen-bond donors (Lipinski definition) is 2. The second kappa shape index (κ2) is 6.30. The SMILES string of the molecule is CCOC(=O)c1cnc(C(O)C(O)CC#N)s1. The predicted octanol–water partition coefficient (Wildman–Crippen LogP) is 0.628. The molecule has 1 rings (SSSR count). The van der Waals surface area contributed by atoms with Gasteiger partial charge in [0.15, 0.2) is 0 Å². The van der Waals surface area contributed by atoms with Crippen molar-refractivity contribution in [1.82, 2.24) is 4.98 Å². The van der Waals surface area contributed by atoms with Crippen molar-refractivity contribution in [3.05, 3.63) is 16.1 Å². The van der Waals surface area contributed by atoms with Gasteiger partial charge in [-0.05, 0) is 6.92 Å². The van der Waals surface area contributed by atoms with Gasteiger partial charge in [-0.3, -0.25) is 0 Å². The first-order valence-corrected chi connectivity index (χ1v) is 5.77. The van der Waals surface area contributed by atoms with Gasteiger partial charge in [0.1, 0.15) is 16.0 Å². The maximum absolute atomic E-state index is 11.3. The Labute approximate surface area is 102 Å². The first kappa shape index (κ1) is 13.6. The van der Waals surface area contributed by atoms with Crippen molar-refractivity contribution in [2.75, 3.05) is 6.61 Å². The van der Waals surface area contributed by atoms with E-state index in [2.05, 4.69) is 4.98 Å². The summed E-state index contributed by atoms with van der Waals surface area (Å²) in [6.07, 6.45) is -1.39. The zero-order valence-corrected chi connectivity index (χ0v) is 9.98. The van der Waals surface area contributed by atoms with Gasteiger partial charge in [-0.1, -0.05) is 0 Å². The van der Waals surface area contributed by atoms with Crippen LogP contribution in [-0.2, 0) is 4.74 Å². The molecule has 0 saturated heterocycles. The van der Waals surface area contributed by atoms with Gasteiger partial charge >= 0.3 is 5.97 Å². The Morgan fingerprint density at radius 3 is 3.00 bits per heavy atom. The third kappa shape index (κ3) is 3.49. The lowest BCUT2D eigenvalue weighted by Crippen LogP contribution is -2.17. The number of carbonyl (C=O) groups excluding carboxylic acids is 1. The van der Waals surface area contributed by atoms with Crippen LogP contribution >= 0.6 is 11.3 Å². The van der Waals surface area contributed by atoms with Crippen LogP contribution in [0.2, 0.25) is 0 Å². The van der Waals surface area contributed by atoms with Crippen LogP contribution in [0, 0.1) is 11.3 Å². The van der Waals surface area contributed by atoms with E-state index in [9.17, 15) is 15.0 Å². The van der Waals surface area contributed by atoms with Crippen LogP contribution in [0.5, 0.6) is 0 Å². The number of aliphatic hydroxyl groups excluding tert-OH is 2. The smallest absolute Gasteiger partial charge is 0.349 e. The van der Waals surface area contributed by atoms with Crippen LogP contribution in [-0.4, -0.2) is 33.9 Å². The molecule has 0 saturated carbocycles. The highest BCUT2D eigenvalue weighted by molar-refractivity contribution is 7.13. The number of ether oxygens (including phenoxy) is 1. The molecule has 2 atom stereocenters. The van der Waals surface area contributed by atoms with E-state index >= 15 is 0 Å². The maximum atomic E-state index is 11.3. The van der Waals surface area contributed by atoms with Crippen molar-refractivity contribution < 1.29 is 19.7 Å². The molecule has 6 nitrogen and oxygen atoms in total. The van der Waals surface area contributed by atoms with Gasteiger partial charge in [0, 0.05) is 0 Å². The van der Waals surface area contributed by atoms with Crippen molar-refractivity contribution in [2.45, 2.75) is 25.6 Å². The van der Waals surface area contributed by atoms with E-state index in [1.54, 1.807) is 13.0 Å². The lowest BCUT2D eigenvalue weighted by atomic mass is 10.1. The average molecular weight is 256 g/mol. The third-order valence-electron chi connectivity index (χ3n) is 1.92. The molecule has 0 fully saturated rings. The van der Waals surface area contributed by atoms with E-state index in [0.29, 0.717) is 0 Å². The van der Waals surface area contributed by atoms with Crippen LogP contribution in [0.4, 0.5) is 0 Å². The minimum absolute atomic E-state index is 0.191. The fourth-order valence-electron chi connectivity index (χ4n) is 1.09. The molecule has 0 radical (unpaired) electrons. The molecule has 7 heteroatoms. The van der Waals surface area contributed by atoms with E-state index < -0.39 is 18.2 Å². The Balaban J connectivity index is 2.74. The molecular weight excluding hydrogens is 244 g/mol. The number of esters is 1. The quantitative estimate of drug-likeness (QED) is 0.749. The van der Waals surface area contributed by atoms with Gasteiger partial charge in [-0.15, -0.1) is 11.3 Å². The maximum Gasteiger partial charge on any atom is 0.349 e. The molecule has 2 unspecified atom stereocenters. The minimum atomic E-state index is -1.26. The Kier molecular flexibility index (Phi) is 5.03. The first-order chi connectivity index (χ1) is 8.10. The lowest BCUT2D eigenvalue weighted by Gasteiger charge is -2.11. The summed E-state index contributed by atoms with van der Waals surface area (Å²) in [6, 6.07) is 1.74. The molecular formula is C10H12N2O4S. The van der Waals surface area contributed by atoms with Crippen LogP contribution in [0.15, 0.2) is 6.20 Å². The summed E-state index contributed by atoms with van der Waals surface area (Å²) < 4.78 is 4.76. The van der Waals surface area contributed by atoms with Crippen molar-refractivity contribution >= 4 is 17.3 Å². The van der Waals surface area contributed by atoms with Gasteiger partial charge in [0.2, 0.25) is 0 Å². The standard InChI is InChI=1S/C10H12N2O4S/c1-2-16-10(15)7-5-12-9(17-7)8(14)6(13)3-4-11/h5-6,8,13-14H,2-3H2,1H3. The largest absolute Gasteiger partial charge is 0.462 e. The van der Waals surface area contributed by atoms with Crippen LogP contribution in [0.1, 0.15) is 34.1 Å². The topological polar surface area (TPSA) is 103 Å². The number of nitriles is 1. The summed E-state index contributed by atoms with van der Waals surface area (Å²) in [5.41, 5.74) is 0. The molecule has 0 aromatic carbocycles. The summed E-state index contributed by atoms with van der Waals surface area (Å²) in [6.45, 7) is 1.94. The average Bonchev–Trinajstić information content (AvgIpc) is 2.78. The monoisotopic (exact) mass is 256 g/mol. The highest BCUT2D eigenvalue weighted by Gasteiger charge is 2.23. The van der Waals surface area contributed by atoms with Gasteiger partial charge in [0.25, 0.3) is 0 Å². The zero-order chi connectivity index (χ0) is 12.8.